The molecular weight excluding hydrogens is 1170 g/mol. The molecule has 70 heavy (non-hydrogen) atoms. The van der Waals surface area contributed by atoms with Crippen molar-refractivity contribution in [1.29, 1.82) is 0 Å². The van der Waals surface area contributed by atoms with Crippen LogP contribution in [0.4, 0.5) is 5.69 Å². The zero-order valence-corrected chi connectivity index (χ0v) is 60.3. The average Bonchev–Trinajstić information content (AvgIpc) is 3.55. The summed E-state index contributed by atoms with van der Waals surface area (Å²) in [7, 11) is -19.2. The largest absolute Gasteiger partial charge is 1.00 e. The van der Waals surface area contributed by atoms with Gasteiger partial charge >= 0.3 is 257 Å². The molecule has 354 valence electrons. The number of rotatable bonds is 20. The van der Waals surface area contributed by atoms with Crippen LogP contribution in [0.3, 0.4) is 0 Å². The Hall–Kier alpha value is 4.70. The molecule has 0 saturated carbocycles. The van der Waals surface area contributed by atoms with E-state index in [9.17, 15) is 62.4 Å². The third kappa shape index (κ3) is 17.9. The molecule has 1 aliphatic heterocycles. The summed E-state index contributed by atoms with van der Waals surface area (Å²) in [5, 5.41) is 29.6. The molecule has 0 saturated heterocycles. The van der Waals surface area contributed by atoms with Crippen molar-refractivity contribution in [1.82, 2.24) is 0 Å². The van der Waals surface area contributed by atoms with E-state index in [0.717, 1.165) is 12.1 Å². The summed E-state index contributed by atoms with van der Waals surface area (Å²) in [5.41, 5.74) is 2.11. The molecule has 1 aliphatic carbocycles. The first-order valence-electron chi connectivity index (χ1n) is 19.4. The zero-order valence-electron chi connectivity index (χ0n) is 39.8. The summed E-state index contributed by atoms with van der Waals surface area (Å²) in [6.45, 7) is 7.52. The standard InChI is InChI=1S/C40H45NO18S6.5K/c1-39(2)30(28(10-5-7-18-62(44,45)46)29-15-13-24-20-26(60-58-56-42)22-33(65(53,54)55)36(24)37(29)39)11-9-12-34-40(3,4)38-31(41(34)17-6-8-19-63(47,48)49)16-14-25-21-27(64(50,51)52)23-32(35(25)38)61-59-57-43;;;;;/h9,11-16,20-23,42-43H,5-8,10,17-19H2,1-4H3,(H,44,45,46)(H,47,48,49)(H,50,51,52)(H,53,54,55);;;;;/q;5*+1/p-6/b11-9?,34-12+;;;;;. The maximum absolute atomic E-state index is 12.9. The predicted molar refractivity (Wildman–Crippen MR) is 230 cm³/mol. The van der Waals surface area contributed by atoms with E-state index in [1.54, 1.807) is 42.5 Å². The maximum Gasteiger partial charge on any atom is 1.00 e. The Morgan fingerprint density at radius 3 is 1.79 bits per heavy atom. The first-order chi connectivity index (χ1) is 30.2. The molecule has 0 aromatic heterocycles. The molecule has 0 spiro atoms. The normalized spacial score (nSPS) is 15.8. The van der Waals surface area contributed by atoms with Crippen LogP contribution in [-0.2, 0) is 70.0 Å². The van der Waals surface area contributed by atoms with Crippen LogP contribution in [0.15, 0.2) is 97.6 Å². The minimum atomic E-state index is -5.16. The Morgan fingerprint density at radius 1 is 0.643 bits per heavy atom. The van der Waals surface area contributed by atoms with Crippen LogP contribution in [-0.4, -0.2) is 69.9 Å². The van der Waals surface area contributed by atoms with Gasteiger partial charge in [0.2, 0.25) is 0 Å². The van der Waals surface area contributed by atoms with Crippen molar-refractivity contribution in [2.75, 3.05) is 23.0 Å². The molecule has 0 N–H and O–H groups in total. The van der Waals surface area contributed by atoms with Crippen molar-refractivity contribution >= 4 is 97.4 Å². The first-order valence-corrected chi connectivity index (χ1v) is 26.8. The van der Waals surface area contributed by atoms with E-state index in [0.29, 0.717) is 79.5 Å². The zero-order chi connectivity index (χ0) is 47.9. The summed E-state index contributed by atoms with van der Waals surface area (Å²) >= 11 is 0.787. The van der Waals surface area contributed by atoms with Crippen LogP contribution in [0, 0.1) is 0 Å². The molecular formula is C40H39K5NO18S6-. The van der Waals surface area contributed by atoms with Gasteiger partial charge in [-0.3, -0.25) is 10.1 Å². The molecule has 0 atom stereocenters. The van der Waals surface area contributed by atoms with Crippen molar-refractivity contribution in [2.24, 2.45) is 0 Å². The molecule has 0 radical (unpaired) electrons. The fourth-order valence-corrected chi connectivity index (χ4v) is 12.4. The van der Waals surface area contributed by atoms with Crippen molar-refractivity contribution < 1.29 is 338 Å². The maximum atomic E-state index is 12.9. The molecule has 0 unspecified atom stereocenters. The van der Waals surface area contributed by atoms with Gasteiger partial charge in [0, 0.05) is 60.8 Å². The SMILES string of the molecule is CC1(C)C(C=C/C=C2/N(CCCCS(=O)(=O)[O-])c3ccc4cc(S(=O)(=O)[O-])cc(SOO[O-])c4c3C2(C)C)=C(CCCCS(=O)(=O)[O-])c2ccc3cc(SOO[O-])cc(S(=O)(=O)[O-])c3c21.[K+].[K+].[K+].[K+].[K+]. The van der Waals surface area contributed by atoms with Crippen LogP contribution in [0.1, 0.15) is 76.5 Å². The average molecular weight is 1210 g/mol. The minimum absolute atomic E-state index is 0. The summed E-state index contributed by atoms with van der Waals surface area (Å²) in [5.74, 6) is -1.24. The van der Waals surface area contributed by atoms with Gasteiger partial charge in [-0.05, 0) is 107 Å². The van der Waals surface area contributed by atoms with Gasteiger partial charge in [0.15, 0.2) is 0 Å². The summed E-state index contributed by atoms with van der Waals surface area (Å²) in [6.07, 6.45) is 5.99. The third-order valence-corrected chi connectivity index (χ3v) is 15.8. The topological polar surface area (TPSA) is 315 Å². The van der Waals surface area contributed by atoms with E-state index in [-0.39, 0.29) is 311 Å². The van der Waals surface area contributed by atoms with Crippen LogP contribution in [0.2, 0.25) is 0 Å². The van der Waals surface area contributed by atoms with Crippen LogP contribution < -0.4 is 272 Å². The van der Waals surface area contributed by atoms with Gasteiger partial charge in [-0.15, -0.1) is 0 Å². The van der Waals surface area contributed by atoms with Crippen LogP contribution in [0.25, 0.3) is 27.1 Å². The van der Waals surface area contributed by atoms with Crippen LogP contribution >= 0.6 is 24.1 Å². The van der Waals surface area contributed by atoms with Gasteiger partial charge < -0.3 is 33.6 Å². The molecule has 2 aliphatic rings. The van der Waals surface area contributed by atoms with E-state index >= 15 is 0 Å². The molecule has 0 amide bonds. The number of allylic oxidation sites excluding steroid dienone is 6. The summed E-state index contributed by atoms with van der Waals surface area (Å²) in [4.78, 5) is 0.833. The van der Waals surface area contributed by atoms with Crippen molar-refractivity contribution in [3.8, 4) is 0 Å². The molecule has 1 heterocycles. The fraction of sp³-hybridized carbons (Fsp3) is 0.350. The summed E-state index contributed by atoms with van der Waals surface area (Å²) in [6, 6.07) is 11.4. The molecule has 4 aromatic rings. The second-order valence-electron chi connectivity index (χ2n) is 16.2. The Labute approximate surface area is 628 Å². The number of benzene rings is 4. The monoisotopic (exact) mass is 1210 g/mol. The number of fused-ring (bicyclic) bond motifs is 6. The van der Waals surface area contributed by atoms with Crippen molar-refractivity contribution in [3.05, 3.63) is 94.7 Å². The quantitative estimate of drug-likeness (QED) is 0.0198. The van der Waals surface area contributed by atoms with Gasteiger partial charge in [-0.2, -0.15) is 8.67 Å². The Kier molecular flexibility index (Phi) is 31.3. The van der Waals surface area contributed by atoms with Crippen molar-refractivity contribution in [2.45, 2.75) is 90.2 Å². The van der Waals surface area contributed by atoms with E-state index in [2.05, 4.69) is 18.7 Å². The van der Waals surface area contributed by atoms with Gasteiger partial charge in [-0.25, -0.2) is 33.7 Å². The van der Waals surface area contributed by atoms with Crippen LogP contribution in [0.5, 0.6) is 0 Å². The Bertz CT molecular complexity index is 3120. The fourth-order valence-electron chi connectivity index (χ4n) is 8.84. The third-order valence-electron chi connectivity index (χ3n) is 11.4. The van der Waals surface area contributed by atoms with E-state index < -0.39 is 72.6 Å². The summed E-state index contributed by atoms with van der Waals surface area (Å²) < 4.78 is 153. The van der Waals surface area contributed by atoms with Gasteiger partial charge in [0.25, 0.3) is 0 Å². The Morgan fingerprint density at radius 2 is 1.21 bits per heavy atom. The number of hydrogen-bond donors (Lipinski definition) is 0. The predicted octanol–water partition coefficient (Wildman–Crippen LogP) is -10.4. The second kappa shape index (κ2) is 30.1. The van der Waals surface area contributed by atoms with E-state index in [1.165, 1.54) is 12.1 Å². The number of unbranched alkanes of at least 4 members (excludes halogenated alkanes) is 2. The second-order valence-corrected chi connectivity index (χ2v) is 23.5. The molecule has 6 rings (SSSR count). The van der Waals surface area contributed by atoms with Gasteiger partial charge in [0.1, 0.15) is 20.2 Å². The molecule has 4 aromatic carbocycles. The number of hydrogen-bond acceptors (Lipinski definition) is 21. The molecule has 19 nitrogen and oxygen atoms in total. The first kappa shape index (κ1) is 72.7. The molecule has 0 fully saturated rings. The van der Waals surface area contributed by atoms with E-state index in [4.69, 9.17) is 0 Å². The Balaban J connectivity index is 0.00000490. The van der Waals surface area contributed by atoms with Crippen molar-refractivity contribution in [3.63, 3.8) is 0 Å². The molecule has 30 heteroatoms. The van der Waals surface area contributed by atoms with Gasteiger partial charge in [0.05, 0.1) is 54.1 Å². The van der Waals surface area contributed by atoms with Gasteiger partial charge in [-0.1, -0.05) is 58.0 Å². The molecule has 0 bridgehead atoms. The minimum Gasteiger partial charge on any atom is -0.748 e. The van der Waals surface area contributed by atoms with E-state index in [1.807, 2.05) is 32.6 Å². The smallest absolute Gasteiger partial charge is 0.748 e. The number of nitrogens with zero attached hydrogens (tertiary/aromatic N) is 1. The number of anilines is 1.